The lowest BCUT2D eigenvalue weighted by atomic mass is 9.94. The largest absolute Gasteiger partial charge is 0.460 e. The Bertz CT molecular complexity index is 1260. The predicted octanol–water partition coefficient (Wildman–Crippen LogP) is 2.78. The number of amides is 5. The molecule has 2 aliphatic rings. The van der Waals surface area contributed by atoms with Gasteiger partial charge in [-0.1, -0.05) is 83.7 Å². The van der Waals surface area contributed by atoms with Crippen molar-refractivity contribution >= 4 is 35.5 Å². The van der Waals surface area contributed by atoms with Crippen LogP contribution >= 0.6 is 0 Å². The number of carbonyl (C=O) groups excluding carboxylic acids is 6. The zero-order valence-electron chi connectivity index (χ0n) is 29.2. The average Bonchev–Trinajstić information content (AvgIpc) is 3.55. The first kappa shape index (κ1) is 38.5. The third-order valence-corrected chi connectivity index (χ3v) is 9.09. The van der Waals surface area contributed by atoms with Crippen LogP contribution in [0.3, 0.4) is 0 Å². The molecule has 2 heterocycles. The lowest BCUT2D eigenvalue weighted by Gasteiger charge is -2.28. The van der Waals surface area contributed by atoms with Crippen molar-refractivity contribution in [2.75, 3.05) is 13.1 Å². The van der Waals surface area contributed by atoms with Crippen molar-refractivity contribution in [2.45, 2.75) is 129 Å². The maximum absolute atomic E-state index is 13.8. The number of nitrogens with one attached hydrogen (secondary N) is 4. The minimum absolute atomic E-state index is 0.0373. The molecule has 4 N–H and O–H groups in total. The molecule has 3 rings (SSSR count). The summed E-state index contributed by atoms with van der Waals surface area (Å²) in [6, 6.07) is 5.31. The lowest BCUT2D eigenvalue weighted by molar-refractivity contribution is -0.157. The maximum Gasteiger partial charge on any atom is 0.329 e. The minimum Gasteiger partial charge on any atom is -0.460 e. The minimum atomic E-state index is -1.10. The number of hydrogen-bond acceptors (Lipinski definition) is 7. The van der Waals surface area contributed by atoms with Crippen molar-refractivity contribution < 1.29 is 33.5 Å². The molecule has 1 aromatic rings. The molecule has 2 saturated heterocycles. The van der Waals surface area contributed by atoms with Gasteiger partial charge < -0.3 is 30.9 Å². The number of unbranched alkanes of at least 4 members (excludes halogenated alkanes) is 3. The van der Waals surface area contributed by atoms with Crippen molar-refractivity contribution in [3.8, 4) is 0 Å². The zero-order valence-corrected chi connectivity index (χ0v) is 29.2. The molecule has 12 nitrogen and oxygen atoms in total. The van der Waals surface area contributed by atoms with E-state index in [-0.39, 0.29) is 31.2 Å². The van der Waals surface area contributed by atoms with E-state index in [1.54, 1.807) is 0 Å². The first-order valence-corrected chi connectivity index (χ1v) is 17.6. The number of hydrogen-bond donors (Lipinski definition) is 4. The SMILES string of the molecule is CCCCCC[C@H](C)[C@@H]1CC(=O)NCC(=O)N2CCC[C@H]2C(=O)N[C@H](CC(C)C)C(=O)N[C@@H](C)C(=O)N[C@@H](Cc2ccccc2)C(=O)O1. The van der Waals surface area contributed by atoms with Crippen LogP contribution in [0.5, 0.6) is 0 Å². The highest BCUT2D eigenvalue weighted by atomic mass is 16.5. The third-order valence-electron chi connectivity index (χ3n) is 9.09. The van der Waals surface area contributed by atoms with Crippen molar-refractivity contribution in [2.24, 2.45) is 11.8 Å². The summed E-state index contributed by atoms with van der Waals surface area (Å²) in [5.74, 6) is -3.28. The summed E-state index contributed by atoms with van der Waals surface area (Å²) in [4.78, 5) is 82.0. The molecule has 0 spiro atoms. The van der Waals surface area contributed by atoms with E-state index in [1.807, 2.05) is 51.1 Å². The van der Waals surface area contributed by atoms with Gasteiger partial charge in [0.05, 0.1) is 13.0 Å². The highest BCUT2D eigenvalue weighted by Gasteiger charge is 2.37. The second-order valence-corrected chi connectivity index (χ2v) is 13.7. The summed E-state index contributed by atoms with van der Waals surface area (Å²) in [7, 11) is 0. The van der Waals surface area contributed by atoms with Crippen LogP contribution < -0.4 is 21.3 Å². The molecule has 12 heteroatoms. The van der Waals surface area contributed by atoms with Crippen LogP contribution in [0.15, 0.2) is 30.3 Å². The predicted molar refractivity (Wildman–Crippen MR) is 181 cm³/mol. The highest BCUT2D eigenvalue weighted by molar-refractivity contribution is 5.95. The van der Waals surface area contributed by atoms with Gasteiger partial charge >= 0.3 is 5.97 Å². The monoisotopic (exact) mass is 669 g/mol. The zero-order chi connectivity index (χ0) is 35.2. The Kier molecular flexibility index (Phi) is 15.3. The lowest BCUT2D eigenvalue weighted by Crippen LogP contribution is -2.57. The van der Waals surface area contributed by atoms with E-state index < -0.39 is 65.8 Å². The molecule has 0 unspecified atom stereocenters. The molecule has 2 aliphatic heterocycles. The van der Waals surface area contributed by atoms with Gasteiger partial charge in [0.25, 0.3) is 0 Å². The standard InChI is InChI=1S/C36H55N5O7/c1-6-7-8-10-14-24(4)30-21-31(42)37-22-32(43)41-18-13-17-29(41)35(46)39-27(19-23(2)3)34(45)38-25(5)33(44)40-28(36(47)48-30)20-26-15-11-9-12-16-26/h9,11-12,15-16,23-25,27-30H,6-8,10,13-14,17-22H2,1-5H3,(H,37,42)(H,38,45)(H,39,46)(H,40,44)/t24-,25-,27+,28-,29-,30-/m0/s1. The van der Waals surface area contributed by atoms with Crippen LogP contribution in [0.2, 0.25) is 0 Å². The van der Waals surface area contributed by atoms with Crippen molar-refractivity contribution in [3.05, 3.63) is 35.9 Å². The molecule has 48 heavy (non-hydrogen) atoms. The Balaban J connectivity index is 1.93. The Morgan fingerprint density at radius 3 is 2.27 bits per heavy atom. The summed E-state index contributed by atoms with van der Waals surface area (Å²) in [6.45, 7) is 9.43. The van der Waals surface area contributed by atoms with E-state index in [0.717, 1.165) is 37.7 Å². The molecule has 0 aliphatic carbocycles. The van der Waals surface area contributed by atoms with E-state index in [0.29, 0.717) is 25.8 Å². The van der Waals surface area contributed by atoms with E-state index in [4.69, 9.17) is 4.74 Å². The molecule has 0 bridgehead atoms. The molecule has 2 fully saturated rings. The summed E-state index contributed by atoms with van der Waals surface area (Å²) < 4.78 is 6.01. The Hall–Kier alpha value is -3.96. The van der Waals surface area contributed by atoms with Gasteiger partial charge in [-0.15, -0.1) is 0 Å². The summed E-state index contributed by atoms with van der Waals surface area (Å²) >= 11 is 0. The van der Waals surface area contributed by atoms with Crippen LogP contribution in [0.1, 0.15) is 98.0 Å². The number of benzene rings is 1. The smallest absolute Gasteiger partial charge is 0.329 e. The molecular weight excluding hydrogens is 614 g/mol. The maximum atomic E-state index is 13.8. The van der Waals surface area contributed by atoms with Crippen LogP contribution in [-0.2, 0) is 39.9 Å². The molecular formula is C36H55N5O7. The van der Waals surface area contributed by atoms with Gasteiger partial charge in [-0.25, -0.2) is 4.79 Å². The van der Waals surface area contributed by atoms with Crippen molar-refractivity contribution in [3.63, 3.8) is 0 Å². The number of fused-ring (bicyclic) bond motifs is 1. The number of cyclic esters (lactones) is 1. The quantitative estimate of drug-likeness (QED) is 0.220. The number of esters is 1. The first-order chi connectivity index (χ1) is 22.9. The Labute approximate surface area is 284 Å². The molecule has 0 saturated carbocycles. The van der Waals surface area contributed by atoms with Crippen LogP contribution in [-0.4, -0.2) is 83.8 Å². The van der Waals surface area contributed by atoms with Gasteiger partial charge in [0.2, 0.25) is 29.5 Å². The van der Waals surface area contributed by atoms with Gasteiger partial charge in [-0.3, -0.25) is 24.0 Å². The van der Waals surface area contributed by atoms with Gasteiger partial charge in [-0.05, 0) is 50.0 Å². The van der Waals surface area contributed by atoms with E-state index in [2.05, 4.69) is 28.2 Å². The topological polar surface area (TPSA) is 163 Å². The van der Waals surface area contributed by atoms with E-state index in [9.17, 15) is 28.8 Å². The second kappa shape index (κ2) is 19.1. The van der Waals surface area contributed by atoms with Crippen LogP contribution in [0, 0.1) is 11.8 Å². The Morgan fingerprint density at radius 2 is 1.58 bits per heavy atom. The number of carbonyl (C=O) groups is 6. The molecule has 266 valence electrons. The second-order valence-electron chi connectivity index (χ2n) is 13.7. The highest BCUT2D eigenvalue weighted by Crippen LogP contribution is 2.22. The van der Waals surface area contributed by atoms with Crippen molar-refractivity contribution in [1.82, 2.24) is 26.2 Å². The normalized spacial score (nSPS) is 25.9. The van der Waals surface area contributed by atoms with Crippen LogP contribution in [0.4, 0.5) is 0 Å². The summed E-state index contributed by atoms with van der Waals surface area (Å²) in [6.07, 6.45) is 5.31. The van der Waals surface area contributed by atoms with Crippen LogP contribution in [0.25, 0.3) is 0 Å². The summed E-state index contributed by atoms with van der Waals surface area (Å²) in [5.41, 5.74) is 0.788. The third kappa shape index (κ3) is 11.9. The number of rotatable bonds is 10. The Morgan fingerprint density at radius 1 is 0.875 bits per heavy atom. The van der Waals surface area contributed by atoms with Gasteiger partial charge in [0.15, 0.2) is 0 Å². The fourth-order valence-corrected chi connectivity index (χ4v) is 6.23. The summed E-state index contributed by atoms with van der Waals surface area (Å²) in [5, 5.41) is 10.9. The average molecular weight is 670 g/mol. The van der Waals surface area contributed by atoms with E-state index >= 15 is 0 Å². The molecule has 0 radical (unpaired) electrons. The molecule has 0 aromatic heterocycles. The van der Waals surface area contributed by atoms with E-state index in [1.165, 1.54) is 11.8 Å². The van der Waals surface area contributed by atoms with Crippen molar-refractivity contribution in [1.29, 1.82) is 0 Å². The van der Waals surface area contributed by atoms with Gasteiger partial charge in [0, 0.05) is 13.0 Å². The molecule has 6 atom stereocenters. The molecule has 1 aromatic carbocycles. The molecule has 5 amide bonds. The van der Waals surface area contributed by atoms with Gasteiger partial charge in [-0.2, -0.15) is 0 Å². The first-order valence-electron chi connectivity index (χ1n) is 17.6. The number of ether oxygens (including phenoxy) is 1. The number of nitrogens with zero attached hydrogens (tertiary/aromatic N) is 1. The fourth-order valence-electron chi connectivity index (χ4n) is 6.23. The fraction of sp³-hybridized carbons (Fsp3) is 0.667. The van der Waals surface area contributed by atoms with Gasteiger partial charge in [0.1, 0.15) is 30.3 Å².